The second-order valence-electron chi connectivity index (χ2n) is 20.6. The lowest BCUT2D eigenvalue weighted by Gasteiger charge is -2.20. The predicted molar refractivity (Wildman–Crippen MR) is 383 cm³/mol. The summed E-state index contributed by atoms with van der Waals surface area (Å²) in [5.74, 6) is -4.97. The van der Waals surface area contributed by atoms with Crippen molar-refractivity contribution >= 4 is 49.3 Å². The van der Waals surface area contributed by atoms with Crippen LogP contribution in [0.1, 0.15) is 133 Å². The van der Waals surface area contributed by atoms with E-state index in [1.54, 1.807) is 78.9 Å². The quantitative estimate of drug-likeness (QED) is 0.0115. The third-order valence-corrected chi connectivity index (χ3v) is 14.3. The molecule has 0 fully saturated rings. The molecule has 0 aliphatic carbocycles. The second kappa shape index (κ2) is 47.9. The Bertz CT molecular complexity index is 3520. The normalized spacial score (nSPS) is 10.7. The van der Waals surface area contributed by atoms with Crippen LogP contribution in [0.4, 0.5) is 22.0 Å². The van der Waals surface area contributed by atoms with Gasteiger partial charge in [0.1, 0.15) is 37.9 Å². The van der Waals surface area contributed by atoms with Gasteiger partial charge in [-0.15, -0.1) is 13.2 Å². The molecule has 0 saturated heterocycles. The molecule has 94 heavy (non-hydrogen) atoms. The van der Waals surface area contributed by atoms with Gasteiger partial charge in [-0.3, -0.25) is 28.5 Å². The molecule has 8 aromatic rings. The summed E-state index contributed by atoms with van der Waals surface area (Å²) in [7, 11) is -1.00. The van der Waals surface area contributed by atoms with Gasteiger partial charge in [-0.1, -0.05) is 212 Å². The number of nitrogens with zero attached hydrogens (tertiary/aromatic N) is 1. The Hall–Kier alpha value is -7.87. The third kappa shape index (κ3) is 29.6. The highest BCUT2D eigenvalue weighted by Gasteiger charge is 2.32. The molecule has 0 saturated carbocycles. The number of pyridine rings is 2. The molecule has 0 atom stereocenters. The van der Waals surface area contributed by atoms with Crippen LogP contribution < -0.4 is 25.9 Å². The summed E-state index contributed by atoms with van der Waals surface area (Å²) in [5, 5.41) is 4.77. The van der Waals surface area contributed by atoms with Crippen molar-refractivity contribution in [1.82, 2.24) is 20.2 Å². The summed E-state index contributed by atoms with van der Waals surface area (Å²) in [6, 6.07) is 48.0. The molecule has 6 aromatic carbocycles. The van der Waals surface area contributed by atoms with Crippen LogP contribution in [0.25, 0.3) is 21.8 Å². The van der Waals surface area contributed by atoms with E-state index in [0.717, 1.165) is 69.2 Å². The molecule has 514 valence electrons. The molecule has 0 aliphatic rings. The molecule has 2 heterocycles. The predicted octanol–water partition coefficient (Wildman–Crippen LogP) is 18.7. The molecule has 0 unspecified atom stereocenters. The summed E-state index contributed by atoms with van der Waals surface area (Å²) in [5.41, 5.74) is 3.59. The van der Waals surface area contributed by atoms with E-state index in [9.17, 15) is 41.1 Å². The zero-order valence-electron chi connectivity index (χ0n) is 51.1. The number of alkyl halides is 6. The summed E-state index contributed by atoms with van der Waals surface area (Å²) >= 11 is 3.18. The Morgan fingerprint density at radius 3 is 1.37 bits per heavy atom. The number of halogens is 6. The Labute approximate surface area is 564 Å². The van der Waals surface area contributed by atoms with E-state index < -0.39 is 32.2 Å². The van der Waals surface area contributed by atoms with E-state index in [-0.39, 0.29) is 89.4 Å². The maximum Gasteiger partial charge on any atom is 0.296 e. The van der Waals surface area contributed by atoms with Crippen molar-refractivity contribution in [2.75, 3.05) is 71.6 Å². The van der Waals surface area contributed by atoms with E-state index in [1.807, 2.05) is 71.6 Å². The van der Waals surface area contributed by atoms with Crippen LogP contribution >= 0.6 is 15.9 Å². The molecule has 0 radical (unpaired) electrons. The summed E-state index contributed by atoms with van der Waals surface area (Å²) in [6.07, 6.45) is 10.9. The van der Waals surface area contributed by atoms with E-state index in [2.05, 4.69) is 44.4 Å². The van der Waals surface area contributed by atoms with Crippen molar-refractivity contribution in [1.29, 1.82) is 0 Å². The smallest absolute Gasteiger partial charge is 0.296 e. The summed E-state index contributed by atoms with van der Waals surface area (Å²) < 4.78 is 93.7. The van der Waals surface area contributed by atoms with Gasteiger partial charge in [-0.05, 0) is 86.3 Å². The van der Waals surface area contributed by atoms with Crippen LogP contribution in [0.2, 0.25) is 0 Å². The van der Waals surface area contributed by atoms with Gasteiger partial charge in [-0.2, -0.15) is 17.6 Å². The number of H-pyrrole nitrogens is 2. The van der Waals surface area contributed by atoms with Crippen molar-refractivity contribution < 1.29 is 51.9 Å². The summed E-state index contributed by atoms with van der Waals surface area (Å²) in [4.78, 5) is 56.9. The molecule has 2 aromatic heterocycles. The SMILES string of the molecule is C.C.C.C.C.C=CCN(CCCCCCOCC(F)(F)c1ccccc1)CC(=O)c1ccc(OCc2ccccc2)c2[nH]c(=O)ccc12.C=CCNCCCCCCOCC(F)(F)c1ccccc1.O=C(CBr)c1ccc(OCc2ccccc2)c2[nH]c(=O)ccc12.[2H]CF. The van der Waals surface area contributed by atoms with Crippen molar-refractivity contribution in [3.63, 3.8) is 0 Å². The molecule has 3 N–H and O–H groups in total. The molecular weight excluding hydrogens is 1270 g/mol. The maximum atomic E-state index is 14.2. The zero-order valence-corrected chi connectivity index (χ0v) is 51.7. The molecule has 18 heteroatoms. The van der Waals surface area contributed by atoms with Gasteiger partial charge in [0.2, 0.25) is 11.1 Å². The van der Waals surface area contributed by atoms with Crippen molar-refractivity contribution in [2.45, 2.75) is 114 Å². The number of ether oxygens (including phenoxy) is 4. The summed E-state index contributed by atoms with van der Waals surface area (Å²) in [6.45, 7) is 10.9. The number of Topliss-reactive ketones (excluding diaryl/α,β-unsaturated/α-hetero) is 2. The standard InChI is InChI=1S/C35H38F2N2O4.C18H14BrNO3.C17H25F2NO.CH3F.5CH4/c1-2-21-39(22-11-3-4-12-23-42-26-35(36,37)28-15-9-6-10-16-28)24-31(40)29-17-19-32(34-30(29)18-20-33(41)38-34)43-25-27-13-7-5-8-14-27;19-10-15(21)13-6-8-16(18-14(13)7-9-17(22)20-18)23-11-12-4-2-1-3-5-12;1-2-12-20-13-8-3-4-9-14-21-15-17(18,19)16-10-6-5-7-11-16;1-2;;;;;/h2,5-10,13-20H,1,3-4,11-12,21-26H2,(H,38,41);1-9H,10-11H2,(H,20,22);2,5-7,10-11,20H,1,3-4,8-9,12-15H2;1H3;5*1H4/i;;;1D;;;;;. The van der Waals surface area contributed by atoms with Crippen molar-refractivity contribution in [2.24, 2.45) is 0 Å². The number of hydrogen-bond donors (Lipinski definition) is 3. The lowest BCUT2D eigenvalue weighted by atomic mass is 10.0. The largest absolute Gasteiger partial charge is 0.487 e. The fourth-order valence-corrected chi connectivity index (χ4v) is 9.56. The van der Waals surface area contributed by atoms with E-state index >= 15 is 0 Å². The van der Waals surface area contributed by atoms with Crippen molar-refractivity contribution in [3.05, 3.63) is 249 Å². The number of carbonyl (C=O) groups excluding carboxylic acids is 2. The molecule has 12 nitrogen and oxygen atoms in total. The van der Waals surface area contributed by atoms with E-state index in [0.29, 0.717) is 83.8 Å². The minimum Gasteiger partial charge on any atom is -0.487 e. The topological polar surface area (TPSA) is 152 Å². The monoisotopic (exact) mass is 1370 g/mol. The Balaban J connectivity index is 0.00000145. The molecule has 0 bridgehead atoms. The number of aromatic amines is 2. The Morgan fingerprint density at radius 2 is 0.957 bits per heavy atom. The number of rotatable bonds is 35. The number of nitrogens with one attached hydrogen (secondary N) is 3. The fraction of sp³-hybridized carbons (Fsp3) is 0.368. The number of unbranched alkanes of at least 4 members (excludes halogenated alkanes) is 6. The maximum absolute atomic E-state index is 14.2. The van der Waals surface area contributed by atoms with Gasteiger partial charge in [-0.25, -0.2) is 0 Å². The van der Waals surface area contributed by atoms with Gasteiger partial charge in [0.15, 0.2) is 11.6 Å². The molecule has 8 rings (SSSR count). The first-order valence-electron chi connectivity index (χ1n) is 30.1. The van der Waals surface area contributed by atoms with Gasteiger partial charge in [0, 0.05) is 71.5 Å². The minimum absolute atomic E-state index is 0. The first kappa shape index (κ1) is 84.1. The third-order valence-electron chi connectivity index (χ3n) is 13.8. The Kier molecular flexibility index (Phi) is 42.9. The number of hydrogen-bond acceptors (Lipinski definition) is 10. The number of benzene rings is 6. The Morgan fingerprint density at radius 1 is 0.553 bits per heavy atom. The lowest BCUT2D eigenvalue weighted by Crippen LogP contribution is -2.31. The van der Waals surface area contributed by atoms with Crippen LogP contribution in [0.15, 0.2) is 205 Å². The van der Waals surface area contributed by atoms with Crippen LogP contribution in [0.3, 0.4) is 0 Å². The van der Waals surface area contributed by atoms with Crippen molar-refractivity contribution in [3.8, 4) is 11.5 Å². The molecule has 0 aliphatic heterocycles. The van der Waals surface area contributed by atoms with E-state index in [1.165, 1.54) is 36.4 Å². The van der Waals surface area contributed by atoms with Crippen LogP contribution in [-0.4, -0.2) is 98.1 Å². The molecule has 0 spiro atoms. The fourth-order valence-electron chi connectivity index (χ4n) is 9.26. The second-order valence-corrected chi connectivity index (χ2v) is 21.1. The van der Waals surface area contributed by atoms with Crippen LogP contribution in [0, 0.1) is 0 Å². The molecule has 0 amide bonds. The lowest BCUT2D eigenvalue weighted by molar-refractivity contribution is -0.0833. The van der Waals surface area contributed by atoms with Gasteiger partial charge < -0.3 is 34.2 Å². The number of fused-ring (bicyclic) bond motifs is 2. The first-order chi connectivity index (χ1) is 43.6. The average Bonchev–Trinajstić information content (AvgIpc) is 0.799. The van der Waals surface area contributed by atoms with Gasteiger partial charge in [0.25, 0.3) is 11.8 Å². The van der Waals surface area contributed by atoms with Gasteiger partial charge in [0.05, 0.1) is 31.4 Å². The number of carbonyl (C=O) groups is 2. The van der Waals surface area contributed by atoms with E-state index in [4.69, 9.17) is 20.3 Å². The zero-order chi connectivity index (χ0) is 64.8. The highest BCUT2D eigenvalue weighted by Crippen LogP contribution is 2.31. The van der Waals surface area contributed by atoms with Crippen LogP contribution in [0.5, 0.6) is 11.5 Å². The minimum atomic E-state index is -3.00. The number of ketones is 2. The first-order valence-corrected chi connectivity index (χ1v) is 30.6. The highest BCUT2D eigenvalue weighted by atomic mass is 79.9. The highest BCUT2D eigenvalue weighted by molar-refractivity contribution is 9.09. The van der Waals surface area contributed by atoms with Crippen LogP contribution in [-0.2, 0) is 34.5 Å². The van der Waals surface area contributed by atoms with Gasteiger partial charge >= 0.3 is 0 Å². The average molecular weight is 1370 g/mol. The molecular formula is C76H100BrF5N4O8. The number of aromatic nitrogens is 2.